The zero-order valence-electron chi connectivity index (χ0n) is 17.0. The lowest BCUT2D eigenvalue weighted by molar-refractivity contribution is 0.0946. The topological polar surface area (TPSA) is 61.4 Å². The van der Waals surface area contributed by atoms with Gasteiger partial charge in [-0.05, 0) is 69.9 Å². The van der Waals surface area contributed by atoms with Crippen LogP contribution >= 0.6 is 0 Å². The van der Waals surface area contributed by atoms with Gasteiger partial charge in [-0.25, -0.2) is 0 Å². The summed E-state index contributed by atoms with van der Waals surface area (Å²) in [5.41, 5.74) is 1.80. The van der Waals surface area contributed by atoms with Gasteiger partial charge >= 0.3 is 0 Å². The van der Waals surface area contributed by atoms with Crippen molar-refractivity contribution < 1.29 is 4.79 Å². The SMILES string of the molecule is CN(C)CCCNC(=O)c1ccc(N2CCC(Cc3ccccc3)CC2)nn1. The maximum Gasteiger partial charge on any atom is 0.271 e. The summed E-state index contributed by atoms with van der Waals surface area (Å²) in [5.74, 6) is 1.43. The van der Waals surface area contributed by atoms with Crippen molar-refractivity contribution in [2.24, 2.45) is 5.92 Å². The summed E-state index contributed by atoms with van der Waals surface area (Å²) < 4.78 is 0. The van der Waals surface area contributed by atoms with Crippen molar-refractivity contribution >= 4 is 11.7 Å². The summed E-state index contributed by atoms with van der Waals surface area (Å²) in [4.78, 5) is 16.5. The predicted molar refractivity (Wildman–Crippen MR) is 113 cm³/mol. The molecule has 150 valence electrons. The van der Waals surface area contributed by atoms with Gasteiger partial charge in [-0.1, -0.05) is 30.3 Å². The van der Waals surface area contributed by atoms with E-state index in [9.17, 15) is 4.79 Å². The molecule has 1 aliphatic heterocycles. The van der Waals surface area contributed by atoms with E-state index >= 15 is 0 Å². The number of amides is 1. The molecule has 2 aromatic rings. The Bertz CT molecular complexity index is 724. The van der Waals surface area contributed by atoms with Gasteiger partial charge in [0.15, 0.2) is 11.5 Å². The zero-order chi connectivity index (χ0) is 19.8. The second-order valence-electron chi connectivity index (χ2n) is 7.81. The van der Waals surface area contributed by atoms with Crippen molar-refractivity contribution in [3.05, 3.63) is 53.7 Å². The number of nitrogens with zero attached hydrogens (tertiary/aromatic N) is 4. The predicted octanol–water partition coefficient (Wildman–Crippen LogP) is 2.62. The van der Waals surface area contributed by atoms with Gasteiger partial charge in [0, 0.05) is 19.6 Å². The van der Waals surface area contributed by atoms with E-state index in [2.05, 4.69) is 55.6 Å². The highest BCUT2D eigenvalue weighted by Gasteiger charge is 2.21. The molecule has 3 rings (SSSR count). The maximum atomic E-state index is 12.2. The molecule has 1 saturated heterocycles. The van der Waals surface area contributed by atoms with Crippen LogP contribution in [0.1, 0.15) is 35.3 Å². The van der Waals surface area contributed by atoms with E-state index in [0.29, 0.717) is 12.2 Å². The lowest BCUT2D eigenvalue weighted by atomic mass is 9.90. The van der Waals surface area contributed by atoms with Crippen molar-refractivity contribution in [1.29, 1.82) is 0 Å². The number of anilines is 1. The molecule has 0 bridgehead atoms. The van der Waals surface area contributed by atoms with Crippen molar-refractivity contribution in [3.8, 4) is 0 Å². The van der Waals surface area contributed by atoms with Gasteiger partial charge in [-0.15, -0.1) is 10.2 Å². The summed E-state index contributed by atoms with van der Waals surface area (Å²) in [6, 6.07) is 14.4. The van der Waals surface area contributed by atoms with Crippen molar-refractivity contribution in [3.63, 3.8) is 0 Å². The van der Waals surface area contributed by atoms with E-state index < -0.39 is 0 Å². The molecule has 1 amide bonds. The average Bonchev–Trinajstić information content (AvgIpc) is 2.72. The summed E-state index contributed by atoms with van der Waals surface area (Å²) in [5, 5.41) is 11.3. The summed E-state index contributed by atoms with van der Waals surface area (Å²) in [6.07, 6.45) is 4.38. The van der Waals surface area contributed by atoms with Crippen LogP contribution in [-0.4, -0.2) is 61.3 Å². The molecule has 1 fully saturated rings. The number of hydrogen-bond acceptors (Lipinski definition) is 5. The molecular weight excluding hydrogens is 350 g/mol. The van der Waals surface area contributed by atoms with E-state index in [1.807, 2.05) is 20.2 Å². The molecular formula is C22H31N5O. The normalized spacial score (nSPS) is 15.0. The lowest BCUT2D eigenvalue weighted by Gasteiger charge is -2.32. The number of carbonyl (C=O) groups is 1. The Balaban J connectivity index is 1.44. The standard InChI is InChI=1S/C22H31N5O/c1-26(2)14-6-13-23-22(28)20-9-10-21(25-24-20)27-15-11-19(12-16-27)17-18-7-4-3-5-8-18/h3-5,7-10,19H,6,11-17H2,1-2H3,(H,23,28). The molecule has 1 N–H and O–H groups in total. The van der Waals surface area contributed by atoms with Gasteiger partial charge in [0.25, 0.3) is 5.91 Å². The third-order valence-corrected chi connectivity index (χ3v) is 5.26. The Hall–Kier alpha value is -2.47. The Morgan fingerprint density at radius 3 is 2.50 bits per heavy atom. The third kappa shape index (κ3) is 6.02. The van der Waals surface area contributed by atoms with Crippen LogP contribution in [0.5, 0.6) is 0 Å². The van der Waals surface area contributed by atoms with Gasteiger partial charge in [0.05, 0.1) is 0 Å². The van der Waals surface area contributed by atoms with Gasteiger partial charge in [0.1, 0.15) is 0 Å². The molecule has 0 saturated carbocycles. The first kappa shape index (κ1) is 20.3. The average molecular weight is 382 g/mol. The number of aromatic nitrogens is 2. The fraction of sp³-hybridized carbons (Fsp3) is 0.500. The van der Waals surface area contributed by atoms with Crippen LogP contribution in [-0.2, 0) is 6.42 Å². The summed E-state index contributed by atoms with van der Waals surface area (Å²) in [6.45, 7) is 3.57. The summed E-state index contributed by atoms with van der Waals surface area (Å²) in [7, 11) is 4.05. The Morgan fingerprint density at radius 2 is 1.86 bits per heavy atom. The van der Waals surface area contributed by atoms with E-state index in [-0.39, 0.29) is 5.91 Å². The van der Waals surface area contributed by atoms with Crippen LogP contribution in [0.4, 0.5) is 5.82 Å². The Labute approximate surface area is 168 Å². The minimum atomic E-state index is -0.153. The lowest BCUT2D eigenvalue weighted by Crippen LogP contribution is -2.35. The third-order valence-electron chi connectivity index (χ3n) is 5.26. The fourth-order valence-corrected chi connectivity index (χ4v) is 3.62. The number of benzene rings is 1. The van der Waals surface area contributed by atoms with Crippen molar-refractivity contribution in [2.75, 3.05) is 45.2 Å². The second kappa shape index (κ2) is 10.2. The smallest absolute Gasteiger partial charge is 0.271 e. The van der Waals surface area contributed by atoms with Crippen molar-refractivity contribution in [1.82, 2.24) is 20.4 Å². The summed E-state index contributed by atoms with van der Waals surface area (Å²) >= 11 is 0. The van der Waals surface area contributed by atoms with E-state index in [1.54, 1.807) is 6.07 Å². The van der Waals surface area contributed by atoms with Crippen molar-refractivity contribution in [2.45, 2.75) is 25.7 Å². The number of rotatable bonds is 8. The molecule has 0 aliphatic carbocycles. The zero-order valence-corrected chi connectivity index (χ0v) is 17.0. The maximum absolute atomic E-state index is 12.2. The van der Waals surface area contributed by atoms with Gasteiger partial charge in [-0.3, -0.25) is 4.79 Å². The Kier molecular flexibility index (Phi) is 7.37. The molecule has 0 unspecified atom stereocenters. The van der Waals surface area contributed by atoms with Crippen LogP contribution in [0.25, 0.3) is 0 Å². The van der Waals surface area contributed by atoms with Crippen LogP contribution in [0.2, 0.25) is 0 Å². The molecule has 1 aromatic heterocycles. The quantitative estimate of drug-likeness (QED) is 0.712. The molecule has 28 heavy (non-hydrogen) atoms. The van der Waals surface area contributed by atoms with E-state index in [1.165, 1.54) is 5.56 Å². The fourth-order valence-electron chi connectivity index (χ4n) is 3.62. The molecule has 1 aliphatic rings. The molecule has 6 nitrogen and oxygen atoms in total. The van der Waals surface area contributed by atoms with Gasteiger partial charge in [0.2, 0.25) is 0 Å². The Morgan fingerprint density at radius 1 is 1.11 bits per heavy atom. The highest BCUT2D eigenvalue weighted by atomic mass is 16.1. The van der Waals surface area contributed by atoms with Crippen LogP contribution < -0.4 is 10.2 Å². The second-order valence-corrected chi connectivity index (χ2v) is 7.81. The largest absolute Gasteiger partial charge is 0.355 e. The number of piperidine rings is 1. The molecule has 6 heteroatoms. The highest BCUT2D eigenvalue weighted by Crippen LogP contribution is 2.24. The van der Waals surface area contributed by atoms with Crippen LogP contribution in [0.15, 0.2) is 42.5 Å². The molecule has 1 aromatic carbocycles. The van der Waals surface area contributed by atoms with Crippen LogP contribution in [0, 0.1) is 5.92 Å². The molecule has 0 atom stereocenters. The number of carbonyl (C=O) groups excluding carboxylic acids is 1. The number of hydrogen-bond donors (Lipinski definition) is 1. The minimum absolute atomic E-state index is 0.153. The first-order chi connectivity index (χ1) is 13.6. The van der Waals surface area contributed by atoms with Crippen LogP contribution in [0.3, 0.4) is 0 Å². The number of nitrogens with one attached hydrogen (secondary N) is 1. The first-order valence-corrected chi connectivity index (χ1v) is 10.2. The highest BCUT2D eigenvalue weighted by molar-refractivity contribution is 5.92. The van der Waals surface area contributed by atoms with Gasteiger partial charge < -0.3 is 15.1 Å². The molecule has 2 heterocycles. The first-order valence-electron chi connectivity index (χ1n) is 10.2. The molecule has 0 spiro atoms. The van der Waals surface area contributed by atoms with E-state index in [4.69, 9.17) is 0 Å². The van der Waals surface area contributed by atoms with Gasteiger partial charge in [-0.2, -0.15) is 0 Å². The minimum Gasteiger partial charge on any atom is -0.355 e. The van der Waals surface area contributed by atoms with E-state index in [0.717, 1.165) is 57.1 Å². The molecule has 0 radical (unpaired) electrons. The monoisotopic (exact) mass is 381 g/mol.